The normalized spacial score (nSPS) is 24.7. The highest BCUT2D eigenvalue weighted by Crippen LogP contribution is 2.41. The fraction of sp³-hybridized carbons (Fsp3) is 0.600. The first-order valence-electron chi connectivity index (χ1n) is 12.6. The summed E-state index contributed by atoms with van der Waals surface area (Å²) in [5.74, 6) is -3.53. The van der Waals surface area contributed by atoms with E-state index in [1.807, 2.05) is 6.07 Å². The van der Waals surface area contributed by atoms with Gasteiger partial charge < -0.3 is 20.4 Å². The van der Waals surface area contributed by atoms with Crippen molar-refractivity contribution in [1.82, 2.24) is 25.5 Å². The zero-order valence-corrected chi connectivity index (χ0v) is 20.0. The average molecular weight is 502 g/mol. The second-order valence-electron chi connectivity index (χ2n) is 9.96. The van der Waals surface area contributed by atoms with Crippen molar-refractivity contribution in [1.29, 1.82) is 5.26 Å². The fourth-order valence-corrected chi connectivity index (χ4v) is 5.87. The van der Waals surface area contributed by atoms with Crippen LogP contribution in [-0.2, 0) is 4.79 Å². The van der Waals surface area contributed by atoms with Crippen molar-refractivity contribution >= 4 is 22.6 Å². The van der Waals surface area contributed by atoms with Gasteiger partial charge in [-0.15, -0.1) is 0 Å². The van der Waals surface area contributed by atoms with Gasteiger partial charge in [-0.2, -0.15) is 18.4 Å². The summed E-state index contributed by atoms with van der Waals surface area (Å²) in [6, 6.07) is 5.62. The van der Waals surface area contributed by atoms with Gasteiger partial charge in [-0.1, -0.05) is 0 Å². The highest BCUT2D eigenvalue weighted by molar-refractivity contribution is 5.92. The number of alkyl halides is 3. The smallest absolute Gasteiger partial charge is 0.368 e. The molecule has 0 spiro atoms. The van der Waals surface area contributed by atoms with E-state index in [0.29, 0.717) is 28.3 Å². The maximum atomic E-state index is 14.0. The number of aromatic nitrogens is 2. The minimum atomic E-state index is -4.51. The maximum Gasteiger partial charge on any atom is 0.394 e. The average Bonchev–Trinajstić information content (AvgIpc) is 3.35. The number of nitrogens with zero attached hydrogens (tertiary/aromatic N) is 5. The number of carbonyl (C=O) groups is 1. The summed E-state index contributed by atoms with van der Waals surface area (Å²) < 4.78 is 42.1. The molecule has 0 aliphatic carbocycles. The molecule has 0 bridgehead atoms. The number of nitrogens with one attached hydrogen (secondary N) is 2. The number of carbonyl (C=O) groups excluding carboxylic acids is 1. The van der Waals surface area contributed by atoms with Crippen LogP contribution >= 0.6 is 0 Å². The van der Waals surface area contributed by atoms with Crippen molar-refractivity contribution in [3.63, 3.8) is 0 Å². The quantitative estimate of drug-likeness (QED) is 0.664. The predicted octanol–water partition coefficient (Wildman–Crippen LogP) is 2.45. The van der Waals surface area contributed by atoms with Crippen LogP contribution in [0.25, 0.3) is 11.0 Å². The van der Waals surface area contributed by atoms with Crippen LogP contribution in [0.15, 0.2) is 24.5 Å². The third-order valence-electron chi connectivity index (χ3n) is 7.84. The number of halogens is 3. The highest BCUT2D eigenvalue weighted by atomic mass is 19.4. The first-order chi connectivity index (χ1) is 17.3. The first kappa shape index (κ1) is 24.7. The van der Waals surface area contributed by atoms with Crippen LogP contribution in [0.3, 0.4) is 0 Å². The minimum absolute atomic E-state index is 0.0680. The molecule has 11 heteroatoms. The van der Waals surface area contributed by atoms with E-state index in [4.69, 9.17) is 0 Å². The molecule has 1 amide bonds. The van der Waals surface area contributed by atoms with E-state index in [1.54, 1.807) is 17.0 Å². The lowest BCUT2D eigenvalue weighted by molar-refractivity contribution is -0.182. The van der Waals surface area contributed by atoms with Crippen molar-refractivity contribution in [3.8, 4) is 6.07 Å². The van der Waals surface area contributed by atoms with Crippen LogP contribution in [0.5, 0.6) is 0 Å². The Morgan fingerprint density at radius 3 is 2.42 bits per heavy atom. The van der Waals surface area contributed by atoms with Crippen molar-refractivity contribution in [2.24, 2.45) is 11.8 Å². The fourth-order valence-electron chi connectivity index (χ4n) is 5.87. The zero-order valence-electron chi connectivity index (χ0n) is 20.0. The van der Waals surface area contributed by atoms with Crippen molar-refractivity contribution in [3.05, 3.63) is 30.1 Å². The summed E-state index contributed by atoms with van der Waals surface area (Å²) in [4.78, 5) is 25.7. The topological polar surface area (TPSA) is 97.2 Å². The molecule has 3 aliphatic rings. The third-order valence-corrected chi connectivity index (χ3v) is 7.84. The van der Waals surface area contributed by atoms with Crippen LogP contribution in [0.4, 0.5) is 18.9 Å². The van der Waals surface area contributed by atoms with Gasteiger partial charge in [0.2, 0.25) is 5.91 Å². The molecule has 3 fully saturated rings. The predicted molar refractivity (Wildman–Crippen MR) is 128 cm³/mol. The Balaban J connectivity index is 1.29. The highest BCUT2D eigenvalue weighted by Gasteiger charge is 2.53. The molecule has 3 saturated heterocycles. The number of nitriles is 1. The van der Waals surface area contributed by atoms with E-state index >= 15 is 0 Å². The molecule has 0 saturated carbocycles. The molecule has 1 aromatic carbocycles. The van der Waals surface area contributed by atoms with E-state index in [2.05, 4.69) is 25.5 Å². The van der Waals surface area contributed by atoms with Gasteiger partial charge in [-0.05, 0) is 50.9 Å². The van der Waals surface area contributed by atoms with Crippen LogP contribution in [0.1, 0.15) is 31.2 Å². The molecule has 192 valence electrons. The van der Waals surface area contributed by atoms with Crippen LogP contribution < -0.4 is 15.5 Å². The molecule has 0 unspecified atom stereocenters. The molecule has 36 heavy (non-hydrogen) atoms. The molecule has 4 heterocycles. The summed E-state index contributed by atoms with van der Waals surface area (Å²) in [5, 5.41) is 15.7. The van der Waals surface area contributed by atoms with Crippen LogP contribution in [0.2, 0.25) is 0 Å². The van der Waals surface area contributed by atoms with Gasteiger partial charge in [-0.3, -0.25) is 14.8 Å². The molecular formula is C25H30F3N7O. The van der Waals surface area contributed by atoms with Gasteiger partial charge in [0.05, 0.1) is 23.1 Å². The summed E-state index contributed by atoms with van der Waals surface area (Å²) in [6.07, 6.45) is 2.10. The van der Waals surface area contributed by atoms with E-state index in [1.165, 1.54) is 12.4 Å². The second-order valence-corrected chi connectivity index (χ2v) is 9.96. The molecule has 8 nitrogen and oxygen atoms in total. The Hall–Kier alpha value is -2.97. The number of benzene rings is 1. The maximum absolute atomic E-state index is 14.0. The number of likely N-dealkylation sites (tertiary alicyclic amines) is 1. The molecular weight excluding hydrogens is 471 g/mol. The molecule has 2 N–H and O–H groups in total. The van der Waals surface area contributed by atoms with Gasteiger partial charge >= 0.3 is 6.18 Å². The monoisotopic (exact) mass is 501 g/mol. The summed E-state index contributed by atoms with van der Waals surface area (Å²) in [5.41, 5.74) is 1.47. The number of amides is 1. The Bertz CT molecular complexity index is 1140. The van der Waals surface area contributed by atoms with Gasteiger partial charge in [0.15, 0.2) is 0 Å². The van der Waals surface area contributed by atoms with Gasteiger partial charge in [0.1, 0.15) is 17.1 Å². The lowest BCUT2D eigenvalue weighted by Gasteiger charge is -2.39. The van der Waals surface area contributed by atoms with E-state index in [-0.39, 0.29) is 19.1 Å². The summed E-state index contributed by atoms with van der Waals surface area (Å²) in [7, 11) is 0. The molecule has 3 aliphatic heterocycles. The van der Waals surface area contributed by atoms with Crippen LogP contribution in [-0.4, -0.2) is 78.3 Å². The number of fused-ring (bicyclic) bond motifs is 1. The van der Waals surface area contributed by atoms with Crippen LogP contribution in [0, 0.1) is 23.2 Å². The Labute approximate surface area is 207 Å². The number of hydrogen-bond donors (Lipinski definition) is 2. The SMILES string of the molecule is N#Cc1ccc(N2C[C@H](C(=O)NC3CCN(C4CCNCC4)CC3)[C@@H](C(F)(F)F)C2)c2nccnc12. The second kappa shape index (κ2) is 10.2. The van der Waals surface area contributed by atoms with Gasteiger partial charge in [0.25, 0.3) is 0 Å². The number of hydrogen-bond acceptors (Lipinski definition) is 7. The Morgan fingerprint density at radius 1 is 1.06 bits per heavy atom. The van der Waals surface area contributed by atoms with Gasteiger partial charge in [0, 0.05) is 50.7 Å². The van der Waals surface area contributed by atoms with Crippen molar-refractivity contribution in [2.75, 3.05) is 44.2 Å². The number of anilines is 1. The van der Waals surface area contributed by atoms with E-state index in [9.17, 15) is 23.2 Å². The third kappa shape index (κ3) is 4.97. The summed E-state index contributed by atoms with van der Waals surface area (Å²) in [6.45, 7) is 3.32. The molecule has 0 radical (unpaired) electrons. The first-order valence-corrected chi connectivity index (χ1v) is 12.6. The Kier molecular flexibility index (Phi) is 6.99. The summed E-state index contributed by atoms with van der Waals surface area (Å²) >= 11 is 0. The standard InChI is InChI=1S/C25H30F3N7O/c26-25(27,28)20-15-35(21-2-1-16(13-29)22-23(21)32-10-9-31-22)14-19(20)24(36)33-17-5-11-34(12-6-17)18-3-7-30-8-4-18/h1-2,9-10,17-20,30H,3-8,11-12,14-15H2,(H,33,36)/t19-,20-/m0/s1. The van der Waals surface area contributed by atoms with Crippen molar-refractivity contribution in [2.45, 2.75) is 43.9 Å². The minimum Gasteiger partial charge on any atom is -0.368 e. The van der Waals surface area contributed by atoms with Gasteiger partial charge in [-0.25, -0.2) is 0 Å². The molecule has 5 rings (SSSR count). The largest absolute Gasteiger partial charge is 0.394 e. The number of rotatable bonds is 4. The lowest BCUT2D eigenvalue weighted by atomic mass is 9.93. The Morgan fingerprint density at radius 2 is 1.75 bits per heavy atom. The zero-order chi connectivity index (χ0) is 25.3. The lowest BCUT2D eigenvalue weighted by Crippen LogP contribution is -2.52. The van der Waals surface area contributed by atoms with E-state index in [0.717, 1.165) is 51.9 Å². The molecule has 1 aromatic heterocycles. The van der Waals surface area contributed by atoms with Crippen molar-refractivity contribution < 1.29 is 18.0 Å². The molecule has 2 aromatic rings. The van der Waals surface area contributed by atoms with E-state index < -0.39 is 23.9 Å². The number of piperidine rings is 2. The molecule has 2 atom stereocenters.